The molecule has 0 aliphatic heterocycles. The van der Waals surface area contributed by atoms with Crippen molar-refractivity contribution in [1.82, 2.24) is 4.98 Å². The molecule has 2 aromatic rings. The van der Waals surface area contributed by atoms with Gasteiger partial charge >= 0.3 is 0 Å². The van der Waals surface area contributed by atoms with Crippen molar-refractivity contribution in [1.29, 1.82) is 0 Å². The molecule has 0 N–H and O–H groups in total. The van der Waals surface area contributed by atoms with Crippen LogP contribution < -0.4 is 0 Å². The number of ketones is 1. The minimum absolute atomic E-state index is 0.0286. The number of thiazole rings is 1. The Morgan fingerprint density at radius 3 is 2.88 bits per heavy atom. The van der Waals surface area contributed by atoms with Crippen LogP contribution in [0.3, 0.4) is 0 Å². The van der Waals surface area contributed by atoms with Gasteiger partial charge in [-0.05, 0) is 6.07 Å². The largest absolute Gasteiger partial charge is 0.291 e. The summed E-state index contributed by atoms with van der Waals surface area (Å²) in [7, 11) is 0. The summed E-state index contributed by atoms with van der Waals surface area (Å²) in [6.07, 6.45) is 0. The molecule has 0 spiro atoms. The molecule has 5 heteroatoms. The molecule has 1 aromatic carbocycles. The smallest absolute Gasteiger partial charge is 0.196 e. The fraction of sp³-hybridized carbons (Fsp3) is 0.0909. The van der Waals surface area contributed by atoms with Gasteiger partial charge in [-0.2, -0.15) is 0 Å². The summed E-state index contributed by atoms with van der Waals surface area (Å²) < 4.78 is 0.967. The lowest BCUT2D eigenvalue weighted by Crippen LogP contribution is -2.00. The highest BCUT2D eigenvalue weighted by molar-refractivity contribution is 9.10. The highest BCUT2D eigenvalue weighted by atomic mass is 79.9. The Morgan fingerprint density at radius 2 is 2.19 bits per heavy atom. The number of nitrogens with zero attached hydrogens (tertiary/aromatic N) is 1. The van der Waals surface area contributed by atoms with Gasteiger partial charge in [0, 0.05) is 15.4 Å². The van der Waals surface area contributed by atoms with Gasteiger partial charge in [0.2, 0.25) is 0 Å². The second-order valence-corrected chi connectivity index (χ2v) is 5.05. The molecule has 0 fully saturated rings. The van der Waals surface area contributed by atoms with Gasteiger partial charge in [0.1, 0.15) is 10.7 Å². The van der Waals surface area contributed by atoms with Gasteiger partial charge in [-0.3, -0.25) is 4.79 Å². The van der Waals surface area contributed by atoms with Crippen molar-refractivity contribution in [3.8, 4) is 10.6 Å². The molecule has 0 amide bonds. The first kappa shape index (κ1) is 11.8. The van der Waals surface area contributed by atoms with E-state index in [4.69, 9.17) is 11.6 Å². The predicted molar refractivity (Wildman–Crippen MR) is 70.3 cm³/mol. The zero-order chi connectivity index (χ0) is 11.5. The Kier molecular flexibility index (Phi) is 3.74. The quantitative estimate of drug-likeness (QED) is 0.633. The highest BCUT2D eigenvalue weighted by Gasteiger charge is 2.11. The van der Waals surface area contributed by atoms with Crippen LogP contribution in [0.2, 0.25) is 0 Å². The second kappa shape index (κ2) is 5.08. The van der Waals surface area contributed by atoms with Crippen LogP contribution in [0.1, 0.15) is 10.5 Å². The van der Waals surface area contributed by atoms with Crippen molar-refractivity contribution in [2.24, 2.45) is 0 Å². The van der Waals surface area contributed by atoms with E-state index in [1.165, 1.54) is 11.3 Å². The molecule has 2 nitrogen and oxygen atoms in total. The maximum atomic E-state index is 11.3. The molecule has 0 atom stereocenters. The lowest BCUT2D eigenvalue weighted by atomic mass is 10.2. The zero-order valence-electron chi connectivity index (χ0n) is 8.11. The van der Waals surface area contributed by atoms with E-state index in [-0.39, 0.29) is 11.7 Å². The Hall–Kier alpha value is -0.710. The Labute approximate surface area is 110 Å². The summed E-state index contributed by atoms with van der Waals surface area (Å²) in [5.74, 6) is -0.171. The number of alkyl halides is 1. The molecule has 0 aliphatic carbocycles. The summed E-state index contributed by atoms with van der Waals surface area (Å²) in [6.45, 7) is 0. The normalized spacial score (nSPS) is 10.4. The van der Waals surface area contributed by atoms with Crippen LogP contribution in [0.5, 0.6) is 0 Å². The summed E-state index contributed by atoms with van der Waals surface area (Å²) in [4.78, 5) is 15.6. The third-order valence-corrected chi connectivity index (χ3v) is 3.83. The molecule has 2 rings (SSSR count). The average molecular weight is 317 g/mol. The van der Waals surface area contributed by atoms with Crippen LogP contribution in [0, 0.1) is 0 Å². The number of halogens is 2. The van der Waals surface area contributed by atoms with Crippen molar-refractivity contribution in [3.05, 3.63) is 39.8 Å². The number of carbonyl (C=O) groups excluding carboxylic acids is 1. The number of hydrogen-bond acceptors (Lipinski definition) is 3. The third-order valence-electron chi connectivity index (χ3n) is 2.02. The van der Waals surface area contributed by atoms with Crippen molar-refractivity contribution in [3.63, 3.8) is 0 Å². The molecule has 0 saturated heterocycles. The maximum absolute atomic E-state index is 11.3. The van der Waals surface area contributed by atoms with Gasteiger partial charge in [0.25, 0.3) is 0 Å². The van der Waals surface area contributed by atoms with Crippen molar-refractivity contribution >= 4 is 44.7 Å². The zero-order valence-corrected chi connectivity index (χ0v) is 11.3. The number of carbonyl (C=O) groups is 1. The molecule has 0 saturated carbocycles. The SMILES string of the molecule is O=C(CCl)c1csc(-c2ccccc2Br)n1. The topological polar surface area (TPSA) is 30.0 Å². The van der Waals surface area contributed by atoms with Gasteiger partial charge in [-0.1, -0.05) is 34.1 Å². The first-order valence-corrected chi connectivity index (χ1v) is 6.72. The Morgan fingerprint density at radius 1 is 1.44 bits per heavy atom. The Balaban J connectivity index is 2.39. The van der Waals surface area contributed by atoms with Gasteiger partial charge in [-0.25, -0.2) is 4.98 Å². The summed E-state index contributed by atoms with van der Waals surface area (Å²) in [6, 6.07) is 7.77. The van der Waals surface area contributed by atoms with Crippen molar-refractivity contribution in [2.45, 2.75) is 0 Å². The van der Waals surface area contributed by atoms with E-state index < -0.39 is 0 Å². The van der Waals surface area contributed by atoms with Crippen LogP contribution in [-0.4, -0.2) is 16.6 Å². The summed E-state index contributed by atoms with van der Waals surface area (Å²) in [5, 5.41) is 2.56. The number of Topliss-reactive ketones (excluding diaryl/α,β-unsaturated/α-hetero) is 1. The maximum Gasteiger partial charge on any atom is 0.196 e. The first-order valence-electron chi connectivity index (χ1n) is 4.52. The van der Waals surface area contributed by atoms with Gasteiger partial charge in [-0.15, -0.1) is 22.9 Å². The van der Waals surface area contributed by atoms with Crippen LogP contribution in [-0.2, 0) is 0 Å². The molecular formula is C11H7BrClNOS. The molecular weight excluding hydrogens is 310 g/mol. The minimum atomic E-state index is -0.142. The number of aromatic nitrogens is 1. The highest BCUT2D eigenvalue weighted by Crippen LogP contribution is 2.30. The van der Waals surface area contributed by atoms with E-state index in [1.807, 2.05) is 24.3 Å². The van der Waals surface area contributed by atoms with Crippen LogP contribution in [0.15, 0.2) is 34.1 Å². The average Bonchev–Trinajstić information content (AvgIpc) is 2.78. The number of rotatable bonds is 3. The third kappa shape index (κ3) is 2.34. The number of benzene rings is 1. The molecule has 1 heterocycles. The molecule has 0 bridgehead atoms. The summed E-state index contributed by atoms with van der Waals surface area (Å²) >= 11 is 10.4. The standard InChI is InChI=1S/C11H7BrClNOS/c12-8-4-2-1-3-7(8)11-14-9(6-16-11)10(15)5-13/h1-4,6H,5H2. The van der Waals surface area contributed by atoms with Gasteiger partial charge in [0.15, 0.2) is 5.78 Å². The molecule has 0 radical (unpaired) electrons. The van der Waals surface area contributed by atoms with Crippen molar-refractivity contribution < 1.29 is 4.79 Å². The van der Waals surface area contributed by atoms with E-state index in [1.54, 1.807) is 5.38 Å². The van der Waals surface area contributed by atoms with E-state index in [9.17, 15) is 4.79 Å². The molecule has 0 aliphatic rings. The second-order valence-electron chi connectivity index (χ2n) is 3.07. The van der Waals surface area contributed by atoms with Gasteiger partial charge < -0.3 is 0 Å². The Bertz CT molecular complexity index is 526. The monoisotopic (exact) mass is 315 g/mol. The molecule has 1 aromatic heterocycles. The fourth-order valence-electron chi connectivity index (χ4n) is 1.23. The van der Waals surface area contributed by atoms with Crippen LogP contribution >= 0.6 is 38.9 Å². The molecule has 16 heavy (non-hydrogen) atoms. The fourth-order valence-corrected chi connectivity index (χ4v) is 2.83. The predicted octanol–water partition coefficient (Wildman–Crippen LogP) is 3.99. The molecule has 82 valence electrons. The van der Waals surface area contributed by atoms with Gasteiger partial charge in [0.05, 0.1) is 5.88 Å². The summed E-state index contributed by atoms with van der Waals surface area (Å²) in [5.41, 5.74) is 1.42. The molecule has 0 unspecified atom stereocenters. The van der Waals surface area contributed by atoms with E-state index in [2.05, 4.69) is 20.9 Å². The van der Waals surface area contributed by atoms with E-state index in [0.717, 1.165) is 15.0 Å². The van der Waals surface area contributed by atoms with Crippen LogP contribution in [0.4, 0.5) is 0 Å². The first-order chi connectivity index (χ1) is 7.72. The minimum Gasteiger partial charge on any atom is -0.291 e. The van der Waals surface area contributed by atoms with E-state index >= 15 is 0 Å². The lowest BCUT2D eigenvalue weighted by molar-refractivity contribution is 0.101. The number of hydrogen-bond donors (Lipinski definition) is 0. The lowest BCUT2D eigenvalue weighted by Gasteiger charge is -1.98. The van der Waals surface area contributed by atoms with Crippen LogP contribution in [0.25, 0.3) is 10.6 Å². The van der Waals surface area contributed by atoms with E-state index in [0.29, 0.717) is 5.69 Å². The van der Waals surface area contributed by atoms with Crippen molar-refractivity contribution in [2.75, 3.05) is 5.88 Å².